The first-order valence-electron chi connectivity index (χ1n) is 10.8. The molecular formula is C25H32N2O5. The van der Waals surface area contributed by atoms with Crippen molar-refractivity contribution in [3.8, 4) is 28.4 Å². The van der Waals surface area contributed by atoms with Gasteiger partial charge in [-0.25, -0.2) is 0 Å². The molecular weight excluding hydrogens is 408 g/mol. The zero-order valence-electron chi connectivity index (χ0n) is 19.6. The quantitative estimate of drug-likeness (QED) is 0.704. The number of amides is 1. The Balaban J connectivity index is 2.41. The van der Waals surface area contributed by atoms with Gasteiger partial charge in [0.2, 0.25) is 17.1 Å². The molecule has 1 aliphatic carbocycles. The van der Waals surface area contributed by atoms with Gasteiger partial charge in [0, 0.05) is 18.5 Å². The Hall–Kier alpha value is -3.22. The molecule has 3 rings (SSSR count). The maximum absolute atomic E-state index is 13.1. The lowest BCUT2D eigenvalue weighted by atomic mass is 9.85. The summed E-state index contributed by atoms with van der Waals surface area (Å²) in [5, 5.41) is 6.25. The van der Waals surface area contributed by atoms with Crippen molar-refractivity contribution in [1.29, 1.82) is 0 Å². The van der Waals surface area contributed by atoms with E-state index in [1.54, 1.807) is 33.5 Å². The SMILES string of the molecule is COc1cc2c(c(OC)c1OC)-c1ccc(NC(C)C)c(=O)cc1[C@@H](NC(C)=O)CCC2. The number of benzene rings is 1. The second-order valence-corrected chi connectivity index (χ2v) is 8.25. The van der Waals surface area contributed by atoms with Crippen molar-refractivity contribution < 1.29 is 19.0 Å². The van der Waals surface area contributed by atoms with Gasteiger partial charge in [-0.3, -0.25) is 9.59 Å². The Morgan fingerprint density at radius 1 is 1.06 bits per heavy atom. The molecule has 0 fully saturated rings. The highest BCUT2D eigenvalue weighted by Crippen LogP contribution is 2.49. The molecule has 1 amide bonds. The standard InChI is InChI=1S/C25H32N2O5/c1-14(2)26-20-11-10-17-18(13-21(20)29)19(27-15(3)28)9-7-8-16-12-22(30-4)24(31-5)25(32-6)23(16)17/h10-14,19H,7-9H2,1-6H3,(H,26,29)(H,27,28)/t19-/m0/s1. The number of anilines is 1. The van der Waals surface area contributed by atoms with Crippen LogP contribution in [0.5, 0.6) is 17.2 Å². The zero-order chi connectivity index (χ0) is 23.4. The largest absolute Gasteiger partial charge is 0.493 e. The first-order valence-corrected chi connectivity index (χ1v) is 10.8. The van der Waals surface area contributed by atoms with Gasteiger partial charge in [0.15, 0.2) is 11.5 Å². The van der Waals surface area contributed by atoms with Crippen LogP contribution in [0.2, 0.25) is 0 Å². The third-order valence-corrected chi connectivity index (χ3v) is 5.60. The van der Waals surface area contributed by atoms with Gasteiger partial charge in [0.25, 0.3) is 0 Å². The van der Waals surface area contributed by atoms with Crippen LogP contribution < -0.4 is 30.3 Å². The number of carbonyl (C=O) groups is 1. The summed E-state index contributed by atoms with van der Waals surface area (Å²) in [6.07, 6.45) is 2.29. The predicted octanol–water partition coefficient (Wildman–Crippen LogP) is 4.07. The maximum atomic E-state index is 13.1. The number of fused-ring (bicyclic) bond motifs is 3. The summed E-state index contributed by atoms with van der Waals surface area (Å²) in [6, 6.07) is 7.14. The van der Waals surface area contributed by atoms with E-state index in [9.17, 15) is 9.59 Å². The predicted molar refractivity (Wildman–Crippen MR) is 126 cm³/mol. The lowest BCUT2D eigenvalue weighted by Gasteiger charge is -2.27. The molecule has 7 nitrogen and oxygen atoms in total. The molecule has 1 atom stereocenters. The van der Waals surface area contributed by atoms with Crippen molar-refractivity contribution in [3.63, 3.8) is 0 Å². The summed E-state index contributed by atoms with van der Waals surface area (Å²) >= 11 is 0. The third-order valence-electron chi connectivity index (χ3n) is 5.60. The first kappa shape index (κ1) is 23.4. The fourth-order valence-electron chi connectivity index (χ4n) is 4.33. The minimum Gasteiger partial charge on any atom is -0.493 e. The molecule has 0 saturated carbocycles. The molecule has 0 bridgehead atoms. The second kappa shape index (κ2) is 9.94. The average Bonchev–Trinajstić information content (AvgIpc) is 2.89. The molecule has 0 aliphatic heterocycles. The lowest BCUT2D eigenvalue weighted by molar-refractivity contribution is -0.119. The van der Waals surface area contributed by atoms with E-state index in [1.165, 1.54) is 6.92 Å². The smallest absolute Gasteiger partial charge is 0.217 e. The van der Waals surface area contributed by atoms with E-state index in [0.29, 0.717) is 29.4 Å². The van der Waals surface area contributed by atoms with E-state index >= 15 is 0 Å². The van der Waals surface area contributed by atoms with Crippen LogP contribution in [0.15, 0.2) is 29.1 Å². The molecule has 2 aromatic rings. The molecule has 0 spiro atoms. The maximum Gasteiger partial charge on any atom is 0.217 e. The fraction of sp³-hybridized carbons (Fsp3) is 0.440. The van der Waals surface area contributed by atoms with Gasteiger partial charge < -0.3 is 24.8 Å². The van der Waals surface area contributed by atoms with E-state index in [0.717, 1.165) is 35.1 Å². The molecule has 0 saturated heterocycles. The zero-order valence-corrected chi connectivity index (χ0v) is 19.6. The number of rotatable bonds is 6. The molecule has 2 aromatic carbocycles. The van der Waals surface area contributed by atoms with Gasteiger partial charge in [-0.2, -0.15) is 0 Å². The fourth-order valence-corrected chi connectivity index (χ4v) is 4.33. The Morgan fingerprint density at radius 3 is 2.38 bits per heavy atom. The van der Waals surface area contributed by atoms with Crippen LogP contribution in [0, 0.1) is 0 Å². The lowest BCUT2D eigenvalue weighted by Crippen LogP contribution is -2.27. The molecule has 32 heavy (non-hydrogen) atoms. The summed E-state index contributed by atoms with van der Waals surface area (Å²) in [6.45, 7) is 5.46. The van der Waals surface area contributed by atoms with Crippen molar-refractivity contribution in [1.82, 2.24) is 5.32 Å². The number of hydrogen-bond donors (Lipinski definition) is 2. The van der Waals surface area contributed by atoms with Crippen molar-refractivity contribution in [2.75, 3.05) is 26.6 Å². The number of ether oxygens (including phenoxy) is 3. The van der Waals surface area contributed by atoms with Gasteiger partial charge >= 0.3 is 0 Å². The van der Waals surface area contributed by atoms with Gasteiger partial charge in [-0.15, -0.1) is 0 Å². The van der Waals surface area contributed by atoms with E-state index in [-0.39, 0.29) is 23.4 Å². The van der Waals surface area contributed by atoms with Crippen LogP contribution in [-0.4, -0.2) is 33.3 Å². The molecule has 0 heterocycles. The molecule has 172 valence electrons. The van der Waals surface area contributed by atoms with Gasteiger partial charge in [0.1, 0.15) is 0 Å². The third kappa shape index (κ3) is 4.66. The van der Waals surface area contributed by atoms with Crippen molar-refractivity contribution in [2.45, 2.75) is 52.1 Å². The number of methoxy groups -OCH3 is 3. The molecule has 2 N–H and O–H groups in total. The summed E-state index contributed by atoms with van der Waals surface area (Å²) < 4.78 is 17.0. The average molecular weight is 441 g/mol. The number of nitrogens with one attached hydrogen (secondary N) is 2. The molecule has 1 aliphatic rings. The molecule has 0 aromatic heterocycles. The topological polar surface area (TPSA) is 85.9 Å². The van der Waals surface area contributed by atoms with Crippen LogP contribution in [-0.2, 0) is 11.2 Å². The summed E-state index contributed by atoms with van der Waals surface area (Å²) in [5.41, 5.74) is 3.85. The van der Waals surface area contributed by atoms with Gasteiger partial charge in [-0.1, -0.05) is 6.07 Å². The summed E-state index contributed by atoms with van der Waals surface area (Å²) in [4.78, 5) is 25.1. The van der Waals surface area contributed by atoms with Crippen LogP contribution in [0.4, 0.5) is 5.69 Å². The van der Waals surface area contributed by atoms with Crippen molar-refractivity contribution in [3.05, 3.63) is 45.6 Å². The minimum absolute atomic E-state index is 0.102. The highest BCUT2D eigenvalue weighted by Gasteiger charge is 2.28. The number of carbonyl (C=O) groups excluding carboxylic acids is 1. The van der Waals surface area contributed by atoms with Crippen LogP contribution in [0.1, 0.15) is 50.8 Å². The minimum atomic E-state index is -0.291. The van der Waals surface area contributed by atoms with E-state index in [4.69, 9.17) is 14.2 Å². The van der Waals surface area contributed by atoms with Crippen molar-refractivity contribution in [2.24, 2.45) is 0 Å². The summed E-state index contributed by atoms with van der Waals surface area (Å²) in [5.74, 6) is 1.49. The Bertz CT molecular complexity index is 1060. The van der Waals surface area contributed by atoms with Crippen LogP contribution >= 0.6 is 0 Å². The van der Waals surface area contributed by atoms with Crippen molar-refractivity contribution >= 4 is 11.6 Å². The van der Waals surface area contributed by atoms with Gasteiger partial charge in [-0.05, 0) is 68.0 Å². The monoisotopic (exact) mass is 440 g/mol. The van der Waals surface area contributed by atoms with E-state index in [2.05, 4.69) is 10.6 Å². The highest BCUT2D eigenvalue weighted by atomic mass is 16.5. The molecule has 7 heteroatoms. The van der Waals surface area contributed by atoms with Crippen LogP contribution in [0.25, 0.3) is 11.1 Å². The van der Waals surface area contributed by atoms with E-state index < -0.39 is 0 Å². The highest BCUT2D eigenvalue weighted by molar-refractivity contribution is 5.83. The molecule has 0 radical (unpaired) electrons. The first-order chi connectivity index (χ1) is 15.3. The number of hydrogen-bond acceptors (Lipinski definition) is 6. The van der Waals surface area contributed by atoms with E-state index in [1.807, 2.05) is 26.0 Å². The second-order valence-electron chi connectivity index (χ2n) is 8.25. The molecule has 0 unspecified atom stereocenters. The van der Waals surface area contributed by atoms with Gasteiger partial charge in [0.05, 0.1) is 33.1 Å². The Morgan fingerprint density at radius 2 is 1.78 bits per heavy atom. The Labute approximate surface area is 189 Å². The van der Waals surface area contributed by atoms with Crippen LogP contribution in [0.3, 0.4) is 0 Å². The summed E-state index contributed by atoms with van der Waals surface area (Å²) in [7, 11) is 4.76. The number of aryl methyl sites for hydroxylation is 1. The Kier molecular flexibility index (Phi) is 7.28. The normalized spacial score (nSPS) is 15.0.